The Bertz CT molecular complexity index is 657. The maximum atomic E-state index is 12.5. The molecule has 3 heterocycles. The molecule has 0 aromatic carbocycles. The molecule has 1 N–H and O–H groups in total. The average Bonchev–Trinajstić information content (AvgIpc) is 3.06. The van der Waals surface area contributed by atoms with Gasteiger partial charge in [0.15, 0.2) is 0 Å². The Morgan fingerprint density at radius 3 is 2.96 bits per heavy atom. The second-order valence-corrected chi connectivity index (χ2v) is 7.64. The van der Waals surface area contributed by atoms with E-state index in [4.69, 9.17) is 0 Å². The first-order chi connectivity index (χ1) is 12.2. The SMILES string of the molecule is CNc1cnc(C[C@H]2CCCN(C(=O)CCc3cccs3)CC2)cn1. The number of likely N-dealkylation sites (tertiary alicyclic amines) is 1. The van der Waals surface area contributed by atoms with Crippen molar-refractivity contribution in [2.75, 3.05) is 25.5 Å². The summed E-state index contributed by atoms with van der Waals surface area (Å²) >= 11 is 1.73. The minimum atomic E-state index is 0.298. The largest absolute Gasteiger partial charge is 0.372 e. The fraction of sp³-hybridized carbons (Fsp3) is 0.526. The van der Waals surface area contributed by atoms with Crippen molar-refractivity contribution < 1.29 is 4.79 Å². The lowest BCUT2D eigenvalue weighted by molar-refractivity contribution is -0.131. The highest BCUT2D eigenvalue weighted by molar-refractivity contribution is 7.09. The Labute approximate surface area is 153 Å². The van der Waals surface area contributed by atoms with Gasteiger partial charge in [-0.05, 0) is 49.5 Å². The van der Waals surface area contributed by atoms with Gasteiger partial charge in [-0.25, -0.2) is 4.98 Å². The minimum absolute atomic E-state index is 0.298. The van der Waals surface area contributed by atoms with Crippen molar-refractivity contribution in [1.82, 2.24) is 14.9 Å². The molecule has 134 valence electrons. The van der Waals surface area contributed by atoms with E-state index in [-0.39, 0.29) is 0 Å². The highest BCUT2D eigenvalue weighted by Crippen LogP contribution is 2.22. The van der Waals surface area contributed by atoms with Crippen LogP contribution in [0.15, 0.2) is 29.9 Å². The normalized spacial score (nSPS) is 18.0. The number of hydrogen-bond acceptors (Lipinski definition) is 5. The van der Waals surface area contributed by atoms with E-state index in [1.54, 1.807) is 17.5 Å². The standard InChI is InChI=1S/C19H26N4OS/c1-20-18-14-21-16(13-22-18)12-15-4-2-9-23(10-8-15)19(24)7-6-17-5-3-11-25-17/h3,5,11,13-15H,2,4,6-10,12H2,1H3,(H,20,22)/t15-/m0/s1. The molecule has 1 aliphatic rings. The van der Waals surface area contributed by atoms with Crippen LogP contribution >= 0.6 is 11.3 Å². The van der Waals surface area contributed by atoms with Crippen LogP contribution in [0.25, 0.3) is 0 Å². The minimum Gasteiger partial charge on any atom is -0.372 e. The second-order valence-electron chi connectivity index (χ2n) is 6.60. The molecule has 0 aliphatic carbocycles. The summed E-state index contributed by atoms with van der Waals surface area (Å²) in [4.78, 5) is 24.7. The van der Waals surface area contributed by atoms with Crippen LogP contribution in [0.4, 0.5) is 5.82 Å². The summed E-state index contributed by atoms with van der Waals surface area (Å²) in [6.07, 6.45) is 9.38. The van der Waals surface area contributed by atoms with E-state index >= 15 is 0 Å². The monoisotopic (exact) mass is 358 g/mol. The number of rotatable bonds is 6. The van der Waals surface area contributed by atoms with E-state index in [9.17, 15) is 4.79 Å². The molecule has 2 aromatic rings. The zero-order valence-electron chi connectivity index (χ0n) is 14.8. The third-order valence-corrected chi connectivity index (χ3v) is 5.76. The number of nitrogens with one attached hydrogen (secondary N) is 1. The molecule has 1 atom stereocenters. The number of aryl methyl sites for hydroxylation is 1. The number of aromatic nitrogens is 2. The van der Waals surface area contributed by atoms with E-state index in [2.05, 4.69) is 31.6 Å². The summed E-state index contributed by atoms with van der Waals surface area (Å²) in [5, 5.41) is 5.06. The first-order valence-electron chi connectivity index (χ1n) is 9.03. The summed E-state index contributed by atoms with van der Waals surface area (Å²) in [6.45, 7) is 1.76. The van der Waals surface area contributed by atoms with Crippen molar-refractivity contribution in [1.29, 1.82) is 0 Å². The molecule has 0 radical (unpaired) electrons. The molecule has 0 saturated carbocycles. The first-order valence-corrected chi connectivity index (χ1v) is 9.91. The molecule has 0 unspecified atom stereocenters. The Morgan fingerprint density at radius 2 is 2.24 bits per heavy atom. The zero-order valence-corrected chi connectivity index (χ0v) is 15.6. The maximum Gasteiger partial charge on any atom is 0.222 e. The van der Waals surface area contributed by atoms with Gasteiger partial charge in [0.1, 0.15) is 5.82 Å². The number of amides is 1. The van der Waals surface area contributed by atoms with Crippen molar-refractivity contribution in [3.63, 3.8) is 0 Å². The lowest BCUT2D eigenvalue weighted by atomic mass is 9.95. The number of nitrogens with zero attached hydrogens (tertiary/aromatic N) is 3. The summed E-state index contributed by atoms with van der Waals surface area (Å²) in [5.41, 5.74) is 1.04. The molecule has 1 saturated heterocycles. The number of carbonyl (C=O) groups excluding carboxylic acids is 1. The number of anilines is 1. The second kappa shape index (κ2) is 8.94. The van der Waals surface area contributed by atoms with Crippen molar-refractivity contribution in [3.8, 4) is 0 Å². The van der Waals surface area contributed by atoms with Gasteiger partial charge >= 0.3 is 0 Å². The molecule has 1 aliphatic heterocycles. The molecule has 1 fully saturated rings. The van der Waals surface area contributed by atoms with Gasteiger partial charge in [-0.2, -0.15) is 0 Å². The van der Waals surface area contributed by atoms with Crippen LogP contribution in [0.5, 0.6) is 0 Å². The highest BCUT2D eigenvalue weighted by Gasteiger charge is 2.21. The van der Waals surface area contributed by atoms with Gasteiger partial charge in [0.2, 0.25) is 5.91 Å². The third-order valence-electron chi connectivity index (χ3n) is 4.83. The molecule has 0 bridgehead atoms. The molecule has 25 heavy (non-hydrogen) atoms. The number of carbonyl (C=O) groups is 1. The Hall–Kier alpha value is -1.95. The number of hydrogen-bond donors (Lipinski definition) is 1. The lowest BCUT2D eigenvalue weighted by Crippen LogP contribution is -2.32. The van der Waals surface area contributed by atoms with Gasteiger partial charge in [-0.3, -0.25) is 9.78 Å². The van der Waals surface area contributed by atoms with E-state index in [1.165, 1.54) is 4.88 Å². The van der Waals surface area contributed by atoms with Gasteiger partial charge in [-0.15, -0.1) is 11.3 Å². The topological polar surface area (TPSA) is 58.1 Å². The molecule has 5 nitrogen and oxygen atoms in total. The van der Waals surface area contributed by atoms with Crippen LogP contribution in [-0.2, 0) is 17.6 Å². The lowest BCUT2D eigenvalue weighted by Gasteiger charge is -2.20. The Kier molecular flexibility index (Phi) is 6.39. The van der Waals surface area contributed by atoms with Gasteiger partial charge in [0.05, 0.1) is 18.1 Å². The van der Waals surface area contributed by atoms with Crippen molar-refractivity contribution >= 4 is 23.1 Å². The summed E-state index contributed by atoms with van der Waals surface area (Å²) in [6, 6.07) is 4.16. The van der Waals surface area contributed by atoms with Crippen molar-refractivity contribution in [2.24, 2.45) is 5.92 Å². The fourth-order valence-electron chi connectivity index (χ4n) is 3.35. The maximum absolute atomic E-state index is 12.5. The average molecular weight is 359 g/mol. The fourth-order valence-corrected chi connectivity index (χ4v) is 4.06. The number of thiophene rings is 1. The van der Waals surface area contributed by atoms with Crippen LogP contribution in [-0.4, -0.2) is 40.9 Å². The predicted octanol–water partition coefficient (Wildman–Crippen LogP) is 3.38. The third kappa shape index (κ3) is 5.26. The van der Waals surface area contributed by atoms with E-state index in [0.29, 0.717) is 18.2 Å². The molecular weight excluding hydrogens is 332 g/mol. The summed E-state index contributed by atoms with van der Waals surface area (Å²) in [5.74, 6) is 1.68. The molecule has 2 aromatic heterocycles. The van der Waals surface area contributed by atoms with Crippen molar-refractivity contribution in [3.05, 3.63) is 40.5 Å². The summed E-state index contributed by atoms with van der Waals surface area (Å²) < 4.78 is 0. The van der Waals surface area contributed by atoms with Gasteiger partial charge in [0.25, 0.3) is 0 Å². The Morgan fingerprint density at radius 1 is 1.32 bits per heavy atom. The molecule has 6 heteroatoms. The molecule has 0 spiro atoms. The zero-order chi connectivity index (χ0) is 17.5. The van der Waals surface area contributed by atoms with E-state index in [0.717, 1.165) is 56.7 Å². The van der Waals surface area contributed by atoms with E-state index in [1.807, 2.05) is 19.3 Å². The van der Waals surface area contributed by atoms with Crippen LogP contribution in [0, 0.1) is 5.92 Å². The van der Waals surface area contributed by atoms with Gasteiger partial charge < -0.3 is 10.2 Å². The predicted molar refractivity (Wildman–Crippen MR) is 102 cm³/mol. The van der Waals surface area contributed by atoms with Gasteiger partial charge in [-0.1, -0.05) is 6.07 Å². The molecule has 1 amide bonds. The van der Waals surface area contributed by atoms with Crippen LogP contribution in [0.1, 0.15) is 36.3 Å². The first kappa shape index (κ1) is 17.9. The molecular formula is C19H26N4OS. The van der Waals surface area contributed by atoms with Crippen LogP contribution in [0.3, 0.4) is 0 Å². The highest BCUT2D eigenvalue weighted by atomic mass is 32.1. The molecule has 3 rings (SSSR count). The quantitative estimate of drug-likeness (QED) is 0.860. The smallest absolute Gasteiger partial charge is 0.222 e. The van der Waals surface area contributed by atoms with Gasteiger partial charge in [0, 0.05) is 31.4 Å². The van der Waals surface area contributed by atoms with E-state index < -0.39 is 0 Å². The van der Waals surface area contributed by atoms with Crippen LogP contribution in [0.2, 0.25) is 0 Å². The summed E-state index contributed by atoms with van der Waals surface area (Å²) in [7, 11) is 1.85. The van der Waals surface area contributed by atoms with Crippen molar-refractivity contribution in [2.45, 2.75) is 38.5 Å². The van der Waals surface area contributed by atoms with Crippen LogP contribution < -0.4 is 5.32 Å². The Balaban J connectivity index is 1.46.